The van der Waals surface area contributed by atoms with Crippen LogP contribution >= 0.6 is 11.3 Å². The topological polar surface area (TPSA) is 103 Å². The Balaban J connectivity index is 1.73. The molecule has 2 aromatic carbocycles. The molecule has 0 radical (unpaired) electrons. The third-order valence-electron chi connectivity index (χ3n) is 4.74. The summed E-state index contributed by atoms with van der Waals surface area (Å²) in [5.74, 6) is 1.38. The number of nitrogens with one attached hydrogen (secondary N) is 1. The van der Waals surface area contributed by atoms with E-state index in [0.29, 0.717) is 41.0 Å². The van der Waals surface area contributed by atoms with Gasteiger partial charge in [-0.25, -0.2) is 4.98 Å². The summed E-state index contributed by atoms with van der Waals surface area (Å²) in [5, 5.41) is 14.2. The number of amides is 1. The van der Waals surface area contributed by atoms with Crippen molar-refractivity contribution in [2.75, 3.05) is 32.8 Å². The van der Waals surface area contributed by atoms with Gasteiger partial charge in [0.2, 0.25) is 5.75 Å². The van der Waals surface area contributed by atoms with Gasteiger partial charge in [0.1, 0.15) is 30.6 Å². The third kappa shape index (κ3) is 6.85. The molecule has 0 spiro atoms. The van der Waals surface area contributed by atoms with E-state index >= 15 is 0 Å². The number of carbonyl (C=O) groups excluding carboxylic acids is 1. The molecule has 9 heteroatoms. The summed E-state index contributed by atoms with van der Waals surface area (Å²) in [6.07, 6.45) is 5.54. The maximum absolute atomic E-state index is 12.4. The molecular weight excluding hydrogens is 466 g/mol. The molecule has 0 aliphatic carbocycles. The number of benzene rings is 2. The first-order valence-corrected chi connectivity index (χ1v) is 11.5. The molecule has 0 fully saturated rings. The van der Waals surface area contributed by atoms with Gasteiger partial charge in [0, 0.05) is 11.6 Å². The lowest BCUT2D eigenvalue weighted by atomic mass is 10.1. The summed E-state index contributed by atoms with van der Waals surface area (Å²) in [5.41, 5.74) is 1.48. The van der Waals surface area contributed by atoms with Gasteiger partial charge in [0.25, 0.3) is 5.91 Å². The Morgan fingerprint density at radius 1 is 1.14 bits per heavy atom. The van der Waals surface area contributed by atoms with Gasteiger partial charge >= 0.3 is 0 Å². The average molecular weight is 492 g/mol. The Morgan fingerprint density at radius 2 is 1.86 bits per heavy atom. The Labute approximate surface area is 208 Å². The number of para-hydroxylation sites is 1. The summed E-state index contributed by atoms with van der Waals surface area (Å²) >= 11 is 1.26. The number of thiazole rings is 1. The van der Waals surface area contributed by atoms with E-state index in [-0.39, 0.29) is 12.2 Å². The fraction of sp³-hybridized carbons (Fsp3) is 0.192. The zero-order valence-corrected chi connectivity index (χ0v) is 20.3. The van der Waals surface area contributed by atoms with Gasteiger partial charge in [-0.15, -0.1) is 17.9 Å². The van der Waals surface area contributed by atoms with Gasteiger partial charge in [0.15, 0.2) is 16.6 Å². The number of anilines is 1. The highest BCUT2D eigenvalue weighted by atomic mass is 32.1. The van der Waals surface area contributed by atoms with Crippen molar-refractivity contribution in [3.63, 3.8) is 0 Å². The minimum absolute atomic E-state index is 0.0930. The molecule has 0 aliphatic rings. The van der Waals surface area contributed by atoms with Crippen LogP contribution in [0.5, 0.6) is 23.0 Å². The third-order valence-corrected chi connectivity index (χ3v) is 5.42. The van der Waals surface area contributed by atoms with Gasteiger partial charge in [-0.2, -0.15) is 5.26 Å². The molecule has 0 atom stereocenters. The van der Waals surface area contributed by atoms with E-state index in [2.05, 4.69) is 16.9 Å². The molecule has 1 heterocycles. The van der Waals surface area contributed by atoms with Crippen LogP contribution in [0.1, 0.15) is 11.1 Å². The van der Waals surface area contributed by atoms with Crippen LogP contribution in [0.25, 0.3) is 6.08 Å². The summed E-state index contributed by atoms with van der Waals surface area (Å²) in [4.78, 5) is 16.4. The van der Waals surface area contributed by atoms with Gasteiger partial charge in [-0.3, -0.25) is 10.1 Å². The zero-order valence-electron chi connectivity index (χ0n) is 19.4. The quantitative estimate of drug-likeness (QED) is 0.166. The average Bonchev–Trinajstić information content (AvgIpc) is 3.39. The van der Waals surface area contributed by atoms with E-state index in [9.17, 15) is 10.1 Å². The second-order valence-electron chi connectivity index (χ2n) is 7.01. The number of nitrogens with zero attached hydrogens (tertiary/aromatic N) is 2. The van der Waals surface area contributed by atoms with Crippen LogP contribution in [0.3, 0.4) is 0 Å². The van der Waals surface area contributed by atoms with Crippen LogP contribution in [0, 0.1) is 11.3 Å². The lowest BCUT2D eigenvalue weighted by molar-refractivity contribution is -0.112. The molecule has 0 bridgehead atoms. The van der Waals surface area contributed by atoms with Crippen molar-refractivity contribution >= 4 is 28.5 Å². The number of methoxy groups -OCH3 is 2. The summed E-state index contributed by atoms with van der Waals surface area (Å²) in [7, 11) is 3.00. The number of hydrogen-bond acceptors (Lipinski definition) is 8. The smallest absolute Gasteiger partial charge is 0.268 e. The van der Waals surface area contributed by atoms with E-state index in [1.807, 2.05) is 36.4 Å². The minimum Gasteiger partial charge on any atom is -0.493 e. The molecule has 3 aromatic rings. The van der Waals surface area contributed by atoms with Crippen molar-refractivity contribution in [3.8, 4) is 29.1 Å². The fourth-order valence-electron chi connectivity index (χ4n) is 3.15. The number of carbonyl (C=O) groups is 1. The Kier molecular flexibility index (Phi) is 9.28. The number of hydrogen-bond donors (Lipinski definition) is 1. The molecule has 1 amide bonds. The predicted molar refractivity (Wildman–Crippen MR) is 135 cm³/mol. The van der Waals surface area contributed by atoms with Crippen molar-refractivity contribution < 1.29 is 23.7 Å². The molecule has 1 N–H and O–H groups in total. The van der Waals surface area contributed by atoms with Crippen LogP contribution < -0.4 is 24.3 Å². The SMILES string of the molecule is C=CCc1ccccc1OCCOc1c(OC)cc(C=C(C#N)C(=O)Nc2nccs2)cc1OC. The Hall–Kier alpha value is -4.29. The van der Waals surface area contributed by atoms with Crippen molar-refractivity contribution in [1.82, 2.24) is 4.98 Å². The molecule has 3 rings (SSSR count). The zero-order chi connectivity index (χ0) is 25.0. The highest BCUT2D eigenvalue weighted by Crippen LogP contribution is 2.39. The number of allylic oxidation sites excluding steroid dienone is 1. The lowest BCUT2D eigenvalue weighted by Gasteiger charge is -2.16. The Bertz CT molecular complexity index is 1210. The lowest BCUT2D eigenvalue weighted by Crippen LogP contribution is -2.13. The van der Waals surface area contributed by atoms with E-state index < -0.39 is 5.91 Å². The van der Waals surface area contributed by atoms with Crippen molar-refractivity contribution in [1.29, 1.82) is 5.26 Å². The monoisotopic (exact) mass is 491 g/mol. The van der Waals surface area contributed by atoms with Crippen molar-refractivity contribution in [2.45, 2.75) is 6.42 Å². The van der Waals surface area contributed by atoms with Crippen LogP contribution in [0.2, 0.25) is 0 Å². The molecule has 0 saturated carbocycles. The summed E-state index contributed by atoms with van der Waals surface area (Å²) < 4.78 is 22.7. The van der Waals surface area contributed by atoms with Gasteiger partial charge < -0.3 is 18.9 Å². The standard InChI is InChI=1S/C26H25N3O5S/c1-4-7-19-8-5-6-9-21(19)33-11-12-34-24-22(31-2)15-18(16-23(24)32-3)14-20(17-27)25(30)29-26-28-10-13-35-26/h4-6,8-10,13-16H,1,7,11-12H2,2-3H3,(H,28,29,30). The van der Waals surface area contributed by atoms with E-state index in [1.54, 1.807) is 23.7 Å². The van der Waals surface area contributed by atoms with Crippen molar-refractivity contribution in [3.05, 3.63) is 77.3 Å². The number of aromatic nitrogens is 1. The first-order chi connectivity index (χ1) is 17.1. The maximum atomic E-state index is 12.4. The summed E-state index contributed by atoms with van der Waals surface area (Å²) in [6, 6.07) is 13.0. The fourth-order valence-corrected chi connectivity index (χ4v) is 3.68. The van der Waals surface area contributed by atoms with Gasteiger partial charge in [-0.1, -0.05) is 24.3 Å². The molecule has 1 aromatic heterocycles. The van der Waals surface area contributed by atoms with Crippen LogP contribution in [0.15, 0.2) is 66.2 Å². The first-order valence-electron chi connectivity index (χ1n) is 10.6. The second kappa shape index (κ2) is 12.8. The molecule has 0 aliphatic heterocycles. The second-order valence-corrected chi connectivity index (χ2v) is 7.91. The molecule has 8 nitrogen and oxygen atoms in total. The van der Waals surface area contributed by atoms with Gasteiger partial charge in [0.05, 0.1) is 14.2 Å². The van der Waals surface area contributed by atoms with Crippen LogP contribution in [-0.2, 0) is 11.2 Å². The number of rotatable bonds is 12. The number of nitriles is 1. The van der Waals surface area contributed by atoms with Crippen LogP contribution in [0.4, 0.5) is 5.13 Å². The Morgan fingerprint density at radius 3 is 2.49 bits per heavy atom. The van der Waals surface area contributed by atoms with Crippen LogP contribution in [-0.4, -0.2) is 38.3 Å². The summed E-state index contributed by atoms with van der Waals surface area (Å²) in [6.45, 7) is 4.32. The predicted octanol–water partition coefficient (Wildman–Crippen LogP) is 4.89. The molecule has 0 saturated heterocycles. The molecule has 180 valence electrons. The molecule has 0 unspecified atom stereocenters. The maximum Gasteiger partial charge on any atom is 0.268 e. The van der Waals surface area contributed by atoms with Gasteiger partial charge in [-0.05, 0) is 41.8 Å². The molecule has 35 heavy (non-hydrogen) atoms. The highest BCUT2D eigenvalue weighted by Gasteiger charge is 2.16. The first kappa shape index (κ1) is 25.3. The normalized spacial score (nSPS) is 10.7. The number of ether oxygens (including phenoxy) is 4. The molecular formula is C26H25N3O5S. The largest absolute Gasteiger partial charge is 0.493 e. The van der Waals surface area contributed by atoms with E-state index in [1.165, 1.54) is 31.6 Å². The minimum atomic E-state index is -0.561. The van der Waals surface area contributed by atoms with Crippen molar-refractivity contribution in [2.24, 2.45) is 0 Å². The highest BCUT2D eigenvalue weighted by molar-refractivity contribution is 7.13. The van der Waals surface area contributed by atoms with E-state index in [0.717, 1.165) is 11.3 Å². The van der Waals surface area contributed by atoms with E-state index in [4.69, 9.17) is 18.9 Å².